The highest BCUT2D eigenvalue weighted by molar-refractivity contribution is 7.98. The summed E-state index contributed by atoms with van der Waals surface area (Å²) in [6.45, 7) is 1.94. The summed E-state index contributed by atoms with van der Waals surface area (Å²) in [4.78, 5) is 32.0. The summed E-state index contributed by atoms with van der Waals surface area (Å²) >= 11 is 2.88. The van der Waals surface area contributed by atoms with E-state index in [4.69, 9.17) is 4.74 Å². The van der Waals surface area contributed by atoms with Crippen molar-refractivity contribution in [3.63, 3.8) is 0 Å². The SMILES string of the molecule is CCc1cc2c(=O)n(CC(=O)Nc3ccc(Oc4ccccc4)cc3)c(SC)nc2s1. The molecule has 158 valence electrons. The number of para-hydroxylation sites is 1. The van der Waals surface area contributed by atoms with Crippen LogP contribution in [0.5, 0.6) is 11.5 Å². The molecule has 0 aliphatic carbocycles. The predicted octanol–water partition coefficient (Wildman–Crippen LogP) is 5.17. The average molecular weight is 452 g/mol. The molecule has 8 heteroatoms. The average Bonchev–Trinajstić information content (AvgIpc) is 3.21. The van der Waals surface area contributed by atoms with Gasteiger partial charge in [0.25, 0.3) is 5.56 Å². The van der Waals surface area contributed by atoms with Gasteiger partial charge in [-0.3, -0.25) is 14.2 Å². The van der Waals surface area contributed by atoms with E-state index in [0.29, 0.717) is 22.0 Å². The second kappa shape index (κ2) is 9.36. The van der Waals surface area contributed by atoms with Crippen molar-refractivity contribution >= 4 is 44.9 Å². The molecule has 0 atom stereocenters. The van der Waals surface area contributed by atoms with Gasteiger partial charge in [-0.1, -0.05) is 36.9 Å². The van der Waals surface area contributed by atoms with Gasteiger partial charge in [-0.2, -0.15) is 0 Å². The molecule has 1 N–H and O–H groups in total. The van der Waals surface area contributed by atoms with Crippen LogP contribution in [0.2, 0.25) is 0 Å². The first kappa shape index (κ1) is 21.1. The zero-order chi connectivity index (χ0) is 21.8. The van der Waals surface area contributed by atoms with Gasteiger partial charge in [-0.15, -0.1) is 11.3 Å². The number of nitrogens with zero attached hydrogens (tertiary/aromatic N) is 2. The van der Waals surface area contributed by atoms with Crippen LogP contribution in [-0.2, 0) is 17.8 Å². The fraction of sp³-hybridized carbons (Fsp3) is 0.174. The molecule has 2 aromatic heterocycles. The van der Waals surface area contributed by atoms with E-state index >= 15 is 0 Å². The van der Waals surface area contributed by atoms with Crippen molar-refractivity contribution in [2.75, 3.05) is 11.6 Å². The highest BCUT2D eigenvalue weighted by Crippen LogP contribution is 2.25. The maximum Gasteiger partial charge on any atom is 0.263 e. The Bertz CT molecular complexity index is 1270. The van der Waals surface area contributed by atoms with Crippen LogP contribution in [0.4, 0.5) is 5.69 Å². The molecule has 31 heavy (non-hydrogen) atoms. The van der Waals surface area contributed by atoms with Crippen LogP contribution < -0.4 is 15.6 Å². The molecule has 2 aromatic carbocycles. The summed E-state index contributed by atoms with van der Waals surface area (Å²) in [7, 11) is 0. The van der Waals surface area contributed by atoms with Crippen molar-refractivity contribution in [2.24, 2.45) is 0 Å². The van der Waals surface area contributed by atoms with E-state index < -0.39 is 0 Å². The van der Waals surface area contributed by atoms with Gasteiger partial charge < -0.3 is 10.1 Å². The lowest BCUT2D eigenvalue weighted by molar-refractivity contribution is -0.116. The van der Waals surface area contributed by atoms with Crippen molar-refractivity contribution in [3.8, 4) is 11.5 Å². The monoisotopic (exact) mass is 451 g/mol. The van der Waals surface area contributed by atoms with E-state index in [1.54, 1.807) is 24.3 Å². The zero-order valence-electron chi connectivity index (χ0n) is 17.1. The number of benzene rings is 2. The van der Waals surface area contributed by atoms with Gasteiger partial charge in [0.05, 0.1) is 5.39 Å². The van der Waals surface area contributed by atoms with Crippen molar-refractivity contribution in [1.29, 1.82) is 0 Å². The van der Waals surface area contributed by atoms with Gasteiger partial charge in [0.2, 0.25) is 5.91 Å². The first-order valence-electron chi connectivity index (χ1n) is 9.77. The van der Waals surface area contributed by atoms with E-state index in [1.807, 2.05) is 49.6 Å². The smallest absolute Gasteiger partial charge is 0.263 e. The van der Waals surface area contributed by atoms with Crippen LogP contribution in [0.15, 0.2) is 70.6 Å². The molecule has 0 saturated heterocycles. The lowest BCUT2D eigenvalue weighted by atomic mass is 10.3. The number of nitrogens with one attached hydrogen (secondary N) is 1. The standard InChI is InChI=1S/C23H21N3O3S2/c1-3-18-13-19-21(31-18)25-23(30-2)26(22(19)28)14-20(27)24-15-9-11-17(12-10-15)29-16-7-5-4-6-8-16/h4-13H,3,14H2,1-2H3,(H,24,27). The molecule has 0 unspecified atom stereocenters. The maximum absolute atomic E-state index is 13.0. The number of hydrogen-bond donors (Lipinski definition) is 1. The van der Waals surface area contributed by atoms with Gasteiger partial charge in [0.15, 0.2) is 5.16 Å². The molecule has 4 rings (SSSR count). The Hall–Kier alpha value is -3.10. The Balaban J connectivity index is 1.49. The molecular formula is C23H21N3O3S2. The second-order valence-corrected chi connectivity index (χ2v) is 8.65. The summed E-state index contributed by atoms with van der Waals surface area (Å²) < 4.78 is 7.20. The molecule has 1 amide bonds. The van der Waals surface area contributed by atoms with Gasteiger partial charge >= 0.3 is 0 Å². The topological polar surface area (TPSA) is 73.2 Å². The van der Waals surface area contributed by atoms with Crippen molar-refractivity contribution in [1.82, 2.24) is 9.55 Å². The van der Waals surface area contributed by atoms with Gasteiger partial charge in [0.1, 0.15) is 22.9 Å². The summed E-state index contributed by atoms with van der Waals surface area (Å²) in [5, 5.41) is 3.93. The fourth-order valence-corrected chi connectivity index (χ4v) is 4.66. The summed E-state index contributed by atoms with van der Waals surface area (Å²) in [6, 6.07) is 18.5. The lowest BCUT2D eigenvalue weighted by Crippen LogP contribution is -2.29. The van der Waals surface area contributed by atoms with E-state index in [1.165, 1.54) is 27.7 Å². The highest BCUT2D eigenvalue weighted by Gasteiger charge is 2.16. The molecule has 2 heterocycles. The molecular weight excluding hydrogens is 430 g/mol. The molecule has 0 radical (unpaired) electrons. The Morgan fingerprint density at radius 1 is 1.13 bits per heavy atom. The number of amides is 1. The van der Waals surface area contributed by atoms with E-state index in [2.05, 4.69) is 10.3 Å². The van der Waals surface area contributed by atoms with Crippen molar-refractivity contribution in [2.45, 2.75) is 25.0 Å². The molecule has 0 bridgehead atoms. The number of anilines is 1. The number of carbonyl (C=O) groups excluding carboxylic acids is 1. The Morgan fingerprint density at radius 2 is 1.84 bits per heavy atom. The normalized spacial score (nSPS) is 10.9. The number of rotatable bonds is 7. The number of hydrogen-bond acceptors (Lipinski definition) is 6. The summed E-state index contributed by atoms with van der Waals surface area (Å²) in [5.74, 6) is 1.12. The number of aromatic nitrogens is 2. The van der Waals surface area contributed by atoms with E-state index in [0.717, 1.165) is 21.9 Å². The van der Waals surface area contributed by atoms with Crippen LogP contribution in [-0.4, -0.2) is 21.7 Å². The third-order valence-electron chi connectivity index (χ3n) is 4.62. The molecule has 0 aliphatic heterocycles. The zero-order valence-corrected chi connectivity index (χ0v) is 18.8. The fourth-order valence-electron chi connectivity index (χ4n) is 3.09. The number of aryl methyl sites for hydroxylation is 1. The third-order valence-corrected chi connectivity index (χ3v) is 6.47. The predicted molar refractivity (Wildman–Crippen MR) is 127 cm³/mol. The molecule has 0 saturated carbocycles. The van der Waals surface area contributed by atoms with Crippen LogP contribution in [0.1, 0.15) is 11.8 Å². The Morgan fingerprint density at radius 3 is 2.52 bits per heavy atom. The van der Waals surface area contributed by atoms with Crippen LogP contribution in [0.25, 0.3) is 10.2 Å². The van der Waals surface area contributed by atoms with Gasteiger partial charge in [-0.25, -0.2) is 4.98 Å². The molecule has 0 spiro atoms. The molecule has 0 fully saturated rings. The number of thiophene rings is 1. The molecule has 0 aliphatic rings. The van der Waals surface area contributed by atoms with Crippen LogP contribution >= 0.6 is 23.1 Å². The van der Waals surface area contributed by atoms with Crippen molar-refractivity contribution < 1.29 is 9.53 Å². The first-order valence-corrected chi connectivity index (χ1v) is 11.8. The second-order valence-electron chi connectivity index (χ2n) is 6.76. The quantitative estimate of drug-likeness (QED) is 0.310. The number of fused-ring (bicyclic) bond motifs is 1. The Kier molecular flexibility index (Phi) is 6.39. The third kappa shape index (κ3) is 4.81. The lowest BCUT2D eigenvalue weighted by Gasteiger charge is -2.11. The molecule has 4 aromatic rings. The minimum Gasteiger partial charge on any atom is -0.457 e. The largest absolute Gasteiger partial charge is 0.457 e. The Labute approximate surface area is 187 Å². The van der Waals surface area contributed by atoms with Crippen LogP contribution in [0.3, 0.4) is 0 Å². The minimum atomic E-state index is -0.291. The highest BCUT2D eigenvalue weighted by atomic mass is 32.2. The van der Waals surface area contributed by atoms with E-state index in [-0.39, 0.29) is 18.0 Å². The summed E-state index contributed by atoms with van der Waals surface area (Å²) in [6.07, 6.45) is 2.70. The van der Waals surface area contributed by atoms with E-state index in [9.17, 15) is 9.59 Å². The van der Waals surface area contributed by atoms with Crippen molar-refractivity contribution in [3.05, 3.63) is 75.9 Å². The minimum absolute atomic E-state index is 0.0997. The number of thioether (sulfide) groups is 1. The number of carbonyl (C=O) groups is 1. The van der Waals surface area contributed by atoms with Gasteiger partial charge in [0, 0.05) is 10.6 Å². The molecule has 6 nitrogen and oxygen atoms in total. The van der Waals surface area contributed by atoms with Gasteiger partial charge in [-0.05, 0) is 55.1 Å². The van der Waals surface area contributed by atoms with Crippen LogP contribution in [0, 0.1) is 0 Å². The maximum atomic E-state index is 13.0. The first-order chi connectivity index (χ1) is 15.1. The number of ether oxygens (including phenoxy) is 1. The summed E-state index contributed by atoms with van der Waals surface area (Å²) in [5.41, 5.74) is 0.439.